The van der Waals surface area contributed by atoms with Crippen molar-refractivity contribution in [2.24, 2.45) is 0 Å². The summed E-state index contributed by atoms with van der Waals surface area (Å²) in [5.74, 6) is -0.604. The average molecular weight is 280 g/mol. The Labute approximate surface area is 120 Å². The summed E-state index contributed by atoms with van der Waals surface area (Å²) < 4.78 is 0.984. The predicted molar refractivity (Wildman–Crippen MR) is 79.4 cm³/mol. The van der Waals surface area contributed by atoms with Gasteiger partial charge in [0, 0.05) is 13.1 Å². The van der Waals surface area contributed by atoms with Crippen molar-refractivity contribution < 1.29 is 9.90 Å². The lowest BCUT2D eigenvalue weighted by atomic mass is 10.0. The molecule has 3 rings (SSSR count). The smallest absolute Gasteiger partial charge is 0.270 e. The highest BCUT2D eigenvalue weighted by Gasteiger charge is 2.19. The van der Waals surface area contributed by atoms with Crippen LogP contribution in [0.1, 0.15) is 11.7 Å². The number of rotatable bonds is 1. The largest absolute Gasteiger partial charge is 0.506 e. The molecule has 2 heterocycles. The Morgan fingerprint density at radius 1 is 1.14 bits per heavy atom. The lowest BCUT2D eigenvalue weighted by molar-refractivity contribution is 0.0937. The highest BCUT2D eigenvalue weighted by atomic mass is 16.3. The van der Waals surface area contributed by atoms with Crippen LogP contribution in [0.25, 0.3) is 22.2 Å². The van der Waals surface area contributed by atoms with Crippen LogP contribution in [0.3, 0.4) is 0 Å². The zero-order valence-electron chi connectivity index (χ0n) is 11.3. The quantitative estimate of drug-likeness (QED) is 0.743. The van der Waals surface area contributed by atoms with Gasteiger partial charge in [-0.15, -0.1) is 0 Å². The fourth-order valence-corrected chi connectivity index (χ4v) is 2.36. The van der Waals surface area contributed by atoms with Gasteiger partial charge in [-0.25, -0.2) is 9.55 Å². The normalized spacial score (nSPS) is 10.7. The Hall–Kier alpha value is -2.95. The van der Waals surface area contributed by atoms with E-state index in [-0.39, 0.29) is 17.0 Å². The van der Waals surface area contributed by atoms with E-state index in [9.17, 15) is 14.7 Å². The first-order valence-electron chi connectivity index (χ1n) is 6.40. The van der Waals surface area contributed by atoms with Crippen LogP contribution < -0.4 is 5.56 Å². The molecule has 1 aromatic carbocycles. The van der Waals surface area contributed by atoms with Gasteiger partial charge in [-0.2, -0.15) is 0 Å². The second kappa shape index (κ2) is 4.86. The first-order chi connectivity index (χ1) is 10.1. The van der Waals surface area contributed by atoms with Crippen molar-refractivity contribution in [3.05, 3.63) is 59.0 Å². The Morgan fingerprint density at radius 3 is 2.52 bits per heavy atom. The van der Waals surface area contributed by atoms with Crippen LogP contribution in [0.4, 0.5) is 0 Å². The molecule has 0 fully saturated rings. The molecule has 0 spiro atoms. The molecular formula is C16H12N2O3. The molecule has 21 heavy (non-hydrogen) atoms. The summed E-state index contributed by atoms with van der Waals surface area (Å²) in [5, 5.41) is 10.8. The first-order valence-corrected chi connectivity index (χ1v) is 6.40. The van der Waals surface area contributed by atoms with Gasteiger partial charge in [-0.05, 0) is 17.7 Å². The number of nitrogens with zero attached hydrogens (tertiary/aromatic N) is 2. The maximum Gasteiger partial charge on any atom is 0.270 e. The molecule has 3 aromatic rings. The molecule has 5 heteroatoms. The van der Waals surface area contributed by atoms with Crippen LogP contribution in [0.2, 0.25) is 0 Å². The molecule has 2 aromatic heterocycles. The summed E-state index contributed by atoms with van der Waals surface area (Å²) >= 11 is 0. The van der Waals surface area contributed by atoms with Crippen molar-refractivity contribution in [1.82, 2.24) is 9.55 Å². The Morgan fingerprint density at radius 2 is 1.86 bits per heavy atom. The van der Waals surface area contributed by atoms with Crippen molar-refractivity contribution in [3.63, 3.8) is 0 Å². The molecule has 104 valence electrons. The van der Waals surface area contributed by atoms with Gasteiger partial charge in [0.05, 0.1) is 10.9 Å². The highest BCUT2D eigenvalue weighted by Crippen LogP contribution is 2.31. The lowest BCUT2D eigenvalue weighted by Crippen LogP contribution is -2.27. The summed E-state index contributed by atoms with van der Waals surface area (Å²) in [7, 11) is 0. The molecule has 0 aliphatic heterocycles. The molecule has 0 aliphatic carbocycles. The van der Waals surface area contributed by atoms with Crippen LogP contribution in [0, 0.1) is 0 Å². The average Bonchev–Trinajstić information content (AvgIpc) is 2.48. The summed E-state index contributed by atoms with van der Waals surface area (Å²) in [6, 6.07) is 12.0. The number of hydrogen-bond donors (Lipinski definition) is 1. The second-order valence-electron chi connectivity index (χ2n) is 4.62. The maximum absolute atomic E-state index is 12.6. The van der Waals surface area contributed by atoms with E-state index in [1.54, 1.807) is 36.4 Å². The first kappa shape index (κ1) is 13.1. The van der Waals surface area contributed by atoms with Crippen molar-refractivity contribution in [2.75, 3.05) is 0 Å². The Bertz CT molecular complexity index is 899. The minimum atomic E-state index is -0.572. The van der Waals surface area contributed by atoms with E-state index in [4.69, 9.17) is 0 Å². The third kappa shape index (κ3) is 1.99. The molecule has 0 unspecified atom stereocenters. The zero-order chi connectivity index (χ0) is 15.0. The zero-order valence-corrected chi connectivity index (χ0v) is 11.3. The SMILES string of the molecule is CC(=O)n1c(=O)c(-c2ccccc2)c(O)c2cccnc21. The van der Waals surface area contributed by atoms with Gasteiger partial charge >= 0.3 is 0 Å². The molecule has 0 saturated carbocycles. The number of aromatic nitrogens is 2. The molecule has 0 saturated heterocycles. The number of carbonyl (C=O) groups is 1. The van der Waals surface area contributed by atoms with Crippen LogP contribution in [-0.4, -0.2) is 20.6 Å². The number of aromatic hydroxyl groups is 1. The third-order valence-electron chi connectivity index (χ3n) is 3.28. The standard InChI is InChI=1S/C16H12N2O3/c1-10(19)18-15-12(8-5-9-17-15)14(20)13(16(18)21)11-6-3-2-4-7-11/h2-9,20H,1H3. The third-order valence-corrected chi connectivity index (χ3v) is 3.28. The molecule has 0 aliphatic rings. The van der Waals surface area contributed by atoms with Gasteiger partial charge in [-0.1, -0.05) is 30.3 Å². The van der Waals surface area contributed by atoms with E-state index in [2.05, 4.69) is 4.98 Å². The molecular weight excluding hydrogens is 268 g/mol. The summed E-state index contributed by atoms with van der Waals surface area (Å²) in [4.78, 5) is 28.4. The van der Waals surface area contributed by atoms with Crippen LogP contribution >= 0.6 is 0 Å². The fourth-order valence-electron chi connectivity index (χ4n) is 2.36. The van der Waals surface area contributed by atoms with E-state index in [1.165, 1.54) is 13.1 Å². The van der Waals surface area contributed by atoms with Gasteiger partial charge in [0.1, 0.15) is 5.75 Å². The number of benzene rings is 1. The van der Waals surface area contributed by atoms with E-state index in [1.807, 2.05) is 6.07 Å². The van der Waals surface area contributed by atoms with E-state index in [0.29, 0.717) is 10.9 Å². The van der Waals surface area contributed by atoms with Gasteiger partial charge in [0.2, 0.25) is 5.91 Å². The van der Waals surface area contributed by atoms with E-state index < -0.39 is 11.5 Å². The molecule has 0 atom stereocenters. The highest BCUT2D eigenvalue weighted by molar-refractivity contribution is 5.95. The predicted octanol–water partition coefficient (Wildman–Crippen LogP) is 2.43. The summed E-state index contributed by atoms with van der Waals surface area (Å²) in [6.45, 7) is 1.29. The molecule has 5 nitrogen and oxygen atoms in total. The number of fused-ring (bicyclic) bond motifs is 1. The van der Waals surface area contributed by atoms with Crippen molar-refractivity contribution in [3.8, 4) is 16.9 Å². The Kier molecular flexibility index (Phi) is 3.02. The van der Waals surface area contributed by atoms with Crippen molar-refractivity contribution in [2.45, 2.75) is 6.92 Å². The van der Waals surface area contributed by atoms with Gasteiger partial charge < -0.3 is 5.11 Å². The number of carbonyl (C=O) groups excluding carboxylic acids is 1. The van der Waals surface area contributed by atoms with Crippen LogP contribution in [0.15, 0.2) is 53.5 Å². The Balaban J connectivity index is 2.52. The second-order valence-corrected chi connectivity index (χ2v) is 4.62. The van der Waals surface area contributed by atoms with Gasteiger partial charge in [0.15, 0.2) is 5.65 Å². The molecule has 0 radical (unpaired) electrons. The summed E-state index contributed by atoms with van der Waals surface area (Å²) in [5.41, 5.74) is 0.247. The van der Waals surface area contributed by atoms with Gasteiger partial charge in [0.25, 0.3) is 5.56 Å². The number of hydrogen-bond acceptors (Lipinski definition) is 4. The van der Waals surface area contributed by atoms with Gasteiger partial charge in [-0.3, -0.25) is 9.59 Å². The molecule has 0 bridgehead atoms. The lowest BCUT2D eigenvalue weighted by Gasteiger charge is -2.11. The number of pyridine rings is 2. The molecule has 1 N–H and O–H groups in total. The van der Waals surface area contributed by atoms with Crippen molar-refractivity contribution in [1.29, 1.82) is 0 Å². The monoisotopic (exact) mass is 280 g/mol. The fraction of sp³-hybridized carbons (Fsp3) is 0.0625. The maximum atomic E-state index is 12.6. The van der Waals surface area contributed by atoms with E-state index in [0.717, 1.165) is 4.57 Å². The van der Waals surface area contributed by atoms with Crippen LogP contribution in [-0.2, 0) is 0 Å². The van der Waals surface area contributed by atoms with E-state index >= 15 is 0 Å². The minimum absolute atomic E-state index is 0.103. The topological polar surface area (TPSA) is 72.2 Å². The summed E-state index contributed by atoms with van der Waals surface area (Å²) in [6.07, 6.45) is 1.48. The minimum Gasteiger partial charge on any atom is -0.506 e. The van der Waals surface area contributed by atoms with Crippen LogP contribution in [0.5, 0.6) is 5.75 Å². The van der Waals surface area contributed by atoms with Crippen molar-refractivity contribution >= 4 is 16.9 Å². The molecule has 0 amide bonds.